The van der Waals surface area contributed by atoms with E-state index in [0.29, 0.717) is 5.02 Å². The molecule has 1 nitrogen and oxygen atoms in total. The summed E-state index contributed by atoms with van der Waals surface area (Å²) in [5.74, 6) is 0.810. The Morgan fingerprint density at radius 2 is 2.09 bits per heavy atom. The van der Waals surface area contributed by atoms with Gasteiger partial charge in [-0.05, 0) is 19.1 Å². The zero-order valence-electron chi connectivity index (χ0n) is 6.32. The first-order chi connectivity index (χ1) is 5.15. The van der Waals surface area contributed by atoms with Crippen LogP contribution in [0.1, 0.15) is 5.56 Å². The number of benzene rings is 1. The Hall–Kier alpha value is -0.210. The van der Waals surface area contributed by atoms with Crippen LogP contribution in [-0.2, 0) is 0 Å². The van der Waals surface area contributed by atoms with Crippen molar-refractivity contribution in [3.8, 4) is 5.75 Å². The Kier molecular flexibility index (Phi) is 2.79. The summed E-state index contributed by atoms with van der Waals surface area (Å²) in [6.07, 6.45) is 0. The van der Waals surface area contributed by atoms with Gasteiger partial charge in [0.2, 0.25) is 0 Å². The summed E-state index contributed by atoms with van der Waals surface area (Å²) in [7, 11) is 1.63. The van der Waals surface area contributed by atoms with Gasteiger partial charge in [-0.2, -0.15) is 0 Å². The Morgan fingerprint density at radius 3 is 2.64 bits per heavy atom. The van der Waals surface area contributed by atoms with Crippen LogP contribution in [0.15, 0.2) is 16.6 Å². The van der Waals surface area contributed by atoms with E-state index >= 15 is 0 Å². The lowest BCUT2D eigenvalue weighted by atomic mass is 10.2. The lowest BCUT2D eigenvalue weighted by Gasteiger charge is -2.06. The average molecular weight is 236 g/mol. The topological polar surface area (TPSA) is 9.23 Å². The van der Waals surface area contributed by atoms with Crippen LogP contribution in [0.2, 0.25) is 5.02 Å². The Balaban J connectivity index is 3.24. The summed E-state index contributed by atoms with van der Waals surface area (Å²) < 4.78 is 6.07. The van der Waals surface area contributed by atoms with Crippen LogP contribution in [0.4, 0.5) is 0 Å². The third-order valence-corrected chi connectivity index (χ3v) is 2.52. The zero-order valence-corrected chi connectivity index (χ0v) is 8.66. The van der Waals surface area contributed by atoms with E-state index in [-0.39, 0.29) is 0 Å². The molecule has 0 bridgehead atoms. The van der Waals surface area contributed by atoms with Gasteiger partial charge in [0.15, 0.2) is 0 Å². The fourth-order valence-electron chi connectivity index (χ4n) is 0.834. The lowest BCUT2D eigenvalue weighted by Crippen LogP contribution is -1.87. The summed E-state index contributed by atoms with van der Waals surface area (Å²) in [6, 6.07) is 3.64. The minimum atomic E-state index is 0.680. The second-order valence-corrected chi connectivity index (χ2v) is 3.51. The average Bonchev–Trinajstić information content (AvgIpc) is 1.96. The monoisotopic (exact) mass is 234 g/mol. The maximum absolute atomic E-state index is 5.79. The molecule has 3 heteroatoms. The molecular weight excluding hydrogens is 227 g/mol. The molecule has 0 fully saturated rings. The van der Waals surface area contributed by atoms with Crippen LogP contribution in [0.25, 0.3) is 0 Å². The van der Waals surface area contributed by atoms with E-state index in [0.717, 1.165) is 15.8 Å². The highest BCUT2D eigenvalue weighted by Crippen LogP contribution is 2.29. The number of methoxy groups -OCH3 is 1. The van der Waals surface area contributed by atoms with Crippen molar-refractivity contribution in [1.82, 2.24) is 0 Å². The van der Waals surface area contributed by atoms with Gasteiger partial charge in [-0.15, -0.1) is 0 Å². The third kappa shape index (κ3) is 1.88. The first-order valence-electron chi connectivity index (χ1n) is 3.15. The van der Waals surface area contributed by atoms with Crippen molar-refractivity contribution in [2.75, 3.05) is 7.11 Å². The fourth-order valence-corrected chi connectivity index (χ4v) is 1.62. The first kappa shape index (κ1) is 8.88. The molecule has 0 aliphatic carbocycles. The van der Waals surface area contributed by atoms with E-state index < -0.39 is 0 Å². The summed E-state index contributed by atoms with van der Waals surface area (Å²) in [5.41, 5.74) is 1.07. The molecule has 0 radical (unpaired) electrons. The molecule has 0 saturated heterocycles. The van der Waals surface area contributed by atoms with E-state index in [1.54, 1.807) is 13.2 Å². The minimum absolute atomic E-state index is 0.680. The van der Waals surface area contributed by atoms with Gasteiger partial charge in [0, 0.05) is 15.1 Å². The van der Waals surface area contributed by atoms with Crippen LogP contribution in [0.3, 0.4) is 0 Å². The van der Waals surface area contributed by atoms with Gasteiger partial charge in [-0.1, -0.05) is 27.5 Å². The van der Waals surface area contributed by atoms with E-state index in [2.05, 4.69) is 15.9 Å². The SMILES string of the molecule is COc1cc(Cl)cc(Br)c1C. The van der Waals surface area contributed by atoms with Gasteiger partial charge >= 0.3 is 0 Å². The largest absolute Gasteiger partial charge is 0.496 e. The molecule has 0 heterocycles. The van der Waals surface area contributed by atoms with Gasteiger partial charge in [0.1, 0.15) is 5.75 Å². The Morgan fingerprint density at radius 1 is 1.45 bits per heavy atom. The van der Waals surface area contributed by atoms with Gasteiger partial charge in [0.05, 0.1) is 7.11 Å². The van der Waals surface area contributed by atoms with Crippen molar-refractivity contribution in [2.24, 2.45) is 0 Å². The smallest absolute Gasteiger partial charge is 0.124 e. The second-order valence-electron chi connectivity index (χ2n) is 2.21. The predicted octanol–water partition coefficient (Wildman–Crippen LogP) is 3.42. The molecule has 1 aromatic carbocycles. The number of hydrogen-bond donors (Lipinski definition) is 0. The summed E-state index contributed by atoms with van der Waals surface area (Å²) in [4.78, 5) is 0. The molecule has 0 amide bonds. The zero-order chi connectivity index (χ0) is 8.43. The summed E-state index contributed by atoms with van der Waals surface area (Å²) >= 11 is 9.16. The van der Waals surface area contributed by atoms with Crippen LogP contribution in [0.5, 0.6) is 5.75 Å². The minimum Gasteiger partial charge on any atom is -0.496 e. The first-order valence-corrected chi connectivity index (χ1v) is 4.32. The highest BCUT2D eigenvalue weighted by atomic mass is 79.9. The Bertz CT molecular complexity index is 273. The van der Waals surface area contributed by atoms with Gasteiger partial charge in [-0.25, -0.2) is 0 Å². The van der Waals surface area contributed by atoms with Crippen LogP contribution >= 0.6 is 27.5 Å². The van der Waals surface area contributed by atoms with Gasteiger partial charge in [-0.3, -0.25) is 0 Å². The van der Waals surface area contributed by atoms with Gasteiger partial charge < -0.3 is 4.74 Å². The summed E-state index contributed by atoms with van der Waals surface area (Å²) in [6.45, 7) is 1.97. The number of rotatable bonds is 1. The van der Waals surface area contributed by atoms with Crippen molar-refractivity contribution in [3.05, 3.63) is 27.2 Å². The molecule has 0 N–H and O–H groups in total. The molecule has 0 atom stereocenters. The maximum Gasteiger partial charge on any atom is 0.124 e. The molecule has 0 unspecified atom stereocenters. The van der Waals surface area contributed by atoms with Crippen LogP contribution in [-0.4, -0.2) is 7.11 Å². The normalized spacial score (nSPS) is 9.82. The fraction of sp³-hybridized carbons (Fsp3) is 0.250. The third-order valence-electron chi connectivity index (χ3n) is 1.48. The van der Waals surface area contributed by atoms with Gasteiger partial charge in [0.25, 0.3) is 0 Å². The summed E-state index contributed by atoms with van der Waals surface area (Å²) in [5, 5.41) is 0.680. The second kappa shape index (κ2) is 3.46. The number of halogens is 2. The molecule has 0 aliphatic rings. The quantitative estimate of drug-likeness (QED) is 0.725. The molecule has 11 heavy (non-hydrogen) atoms. The van der Waals surface area contributed by atoms with Crippen molar-refractivity contribution < 1.29 is 4.74 Å². The number of hydrogen-bond acceptors (Lipinski definition) is 1. The standard InChI is InChI=1S/C8H8BrClO/c1-5-7(9)3-6(10)4-8(5)11-2/h3-4H,1-2H3. The van der Waals surface area contributed by atoms with E-state index in [4.69, 9.17) is 16.3 Å². The van der Waals surface area contributed by atoms with Crippen molar-refractivity contribution in [2.45, 2.75) is 6.92 Å². The van der Waals surface area contributed by atoms with E-state index in [1.807, 2.05) is 13.0 Å². The van der Waals surface area contributed by atoms with Crippen LogP contribution < -0.4 is 4.74 Å². The predicted molar refractivity (Wildman–Crippen MR) is 50.4 cm³/mol. The molecular formula is C8H8BrClO. The Labute approximate surface area is 79.4 Å². The number of ether oxygens (including phenoxy) is 1. The van der Waals surface area contributed by atoms with E-state index in [1.165, 1.54) is 0 Å². The highest BCUT2D eigenvalue weighted by Gasteiger charge is 2.03. The molecule has 1 aromatic rings. The highest BCUT2D eigenvalue weighted by molar-refractivity contribution is 9.10. The molecule has 0 aliphatic heterocycles. The van der Waals surface area contributed by atoms with Crippen molar-refractivity contribution in [3.63, 3.8) is 0 Å². The molecule has 1 rings (SSSR count). The maximum atomic E-state index is 5.79. The molecule has 0 saturated carbocycles. The van der Waals surface area contributed by atoms with E-state index in [9.17, 15) is 0 Å². The van der Waals surface area contributed by atoms with Crippen molar-refractivity contribution in [1.29, 1.82) is 0 Å². The molecule has 60 valence electrons. The van der Waals surface area contributed by atoms with Crippen molar-refractivity contribution >= 4 is 27.5 Å². The van der Waals surface area contributed by atoms with Crippen LogP contribution in [0, 0.1) is 6.92 Å². The lowest BCUT2D eigenvalue weighted by molar-refractivity contribution is 0.411. The molecule has 0 spiro atoms. The molecule has 0 aromatic heterocycles.